The standard InChI is InChI=1S/C19H23F2NO/c1-18(2,23)19(20,21)15-22(13-16-9-5-3-6-10-16)14-17-11-7-4-8-12-17/h3-12,23H,13-15H2,1-2H3. The predicted octanol–water partition coefficient (Wildman–Crippen LogP) is 4.10. The molecule has 23 heavy (non-hydrogen) atoms. The smallest absolute Gasteiger partial charge is 0.288 e. The van der Waals surface area contributed by atoms with E-state index < -0.39 is 18.1 Å². The zero-order valence-corrected chi connectivity index (χ0v) is 13.5. The topological polar surface area (TPSA) is 23.5 Å². The minimum Gasteiger partial charge on any atom is -0.384 e. The van der Waals surface area contributed by atoms with Crippen molar-refractivity contribution in [2.75, 3.05) is 6.54 Å². The molecule has 0 aromatic heterocycles. The Hall–Kier alpha value is -1.78. The summed E-state index contributed by atoms with van der Waals surface area (Å²) < 4.78 is 28.6. The summed E-state index contributed by atoms with van der Waals surface area (Å²) in [6, 6.07) is 19.0. The van der Waals surface area contributed by atoms with Crippen LogP contribution in [-0.2, 0) is 13.1 Å². The average Bonchev–Trinajstić information content (AvgIpc) is 2.47. The van der Waals surface area contributed by atoms with Crippen LogP contribution in [0.4, 0.5) is 8.78 Å². The number of benzene rings is 2. The molecule has 0 unspecified atom stereocenters. The molecular weight excluding hydrogens is 296 g/mol. The van der Waals surface area contributed by atoms with Crippen LogP contribution in [0.1, 0.15) is 25.0 Å². The molecule has 4 heteroatoms. The molecule has 0 aliphatic heterocycles. The lowest BCUT2D eigenvalue weighted by molar-refractivity contribution is -0.174. The van der Waals surface area contributed by atoms with E-state index in [1.165, 1.54) is 0 Å². The summed E-state index contributed by atoms with van der Waals surface area (Å²) in [7, 11) is 0. The third kappa shape index (κ3) is 5.12. The highest BCUT2D eigenvalue weighted by molar-refractivity contribution is 5.17. The molecule has 0 aliphatic rings. The molecule has 2 aromatic carbocycles. The maximum atomic E-state index is 14.3. The molecular formula is C19H23F2NO. The van der Waals surface area contributed by atoms with E-state index in [-0.39, 0.29) is 0 Å². The fourth-order valence-electron chi connectivity index (χ4n) is 2.33. The van der Waals surface area contributed by atoms with Crippen LogP contribution in [0.5, 0.6) is 0 Å². The Labute approximate surface area is 136 Å². The summed E-state index contributed by atoms with van der Waals surface area (Å²) in [5.74, 6) is -3.20. The second-order valence-electron chi connectivity index (χ2n) is 6.38. The van der Waals surface area contributed by atoms with Crippen molar-refractivity contribution in [3.05, 3.63) is 71.8 Å². The van der Waals surface area contributed by atoms with Crippen molar-refractivity contribution in [3.63, 3.8) is 0 Å². The maximum Gasteiger partial charge on any atom is 0.288 e. The van der Waals surface area contributed by atoms with Crippen molar-refractivity contribution in [1.82, 2.24) is 4.90 Å². The van der Waals surface area contributed by atoms with Gasteiger partial charge in [0.1, 0.15) is 5.60 Å². The molecule has 0 fully saturated rings. The molecule has 0 spiro atoms. The summed E-state index contributed by atoms with van der Waals surface area (Å²) in [6.07, 6.45) is 0. The molecule has 0 saturated carbocycles. The molecule has 0 amide bonds. The van der Waals surface area contributed by atoms with E-state index in [4.69, 9.17) is 0 Å². The number of halogens is 2. The van der Waals surface area contributed by atoms with Crippen LogP contribution in [0.25, 0.3) is 0 Å². The number of aliphatic hydroxyl groups is 1. The van der Waals surface area contributed by atoms with Crippen molar-refractivity contribution in [2.45, 2.75) is 38.5 Å². The third-order valence-corrected chi connectivity index (χ3v) is 3.82. The Balaban J connectivity index is 2.17. The average molecular weight is 319 g/mol. The fourth-order valence-corrected chi connectivity index (χ4v) is 2.33. The first-order chi connectivity index (χ1) is 10.8. The number of hydrogen-bond acceptors (Lipinski definition) is 2. The van der Waals surface area contributed by atoms with Crippen LogP contribution in [0.3, 0.4) is 0 Å². The van der Waals surface area contributed by atoms with Crippen LogP contribution in [0.15, 0.2) is 60.7 Å². The van der Waals surface area contributed by atoms with Gasteiger partial charge in [0.15, 0.2) is 0 Å². The molecule has 124 valence electrons. The molecule has 0 saturated heterocycles. The van der Waals surface area contributed by atoms with Gasteiger partial charge in [0.05, 0.1) is 6.54 Å². The van der Waals surface area contributed by atoms with Gasteiger partial charge < -0.3 is 5.11 Å². The highest BCUT2D eigenvalue weighted by atomic mass is 19.3. The van der Waals surface area contributed by atoms with Crippen molar-refractivity contribution in [1.29, 1.82) is 0 Å². The minimum atomic E-state index is -3.20. The van der Waals surface area contributed by atoms with Crippen molar-refractivity contribution < 1.29 is 13.9 Å². The Morgan fingerprint density at radius 1 is 0.826 bits per heavy atom. The summed E-state index contributed by atoms with van der Waals surface area (Å²) >= 11 is 0. The van der Waals surface area contributed by atoms with Crippen molar-refractivity contribution in [3.8, 4) is 0 Å². The summed E-state index contributed by atoms with van der Waals surface area (Å²) in [5.41, 5.74) is -0.122. The quantitative estimate of drug-likeness (QED) is 0.831. The second kappa shape index (κ2) is 7.20. The molecule has 0 heterocycles. The van der Waals surface area contributed by atoms with Gasteiger partial charge in [-0.3, -0.25) is 4.90 Å². The molecule has 1 N–H and O–H groups in total. The third-order valence-electron chi connectivity index (χ3n) is 3.82. The van der Waals surface area contributed by atoms with Gasteiger partial charge in [-0.2, -0.15) is 0 Å². The largest absolute Gasteiger partial charge is 0.384 e. The first-order valence-corrected chi connectivity index (χ1v) is 7.68. The molecule has 2 rings (SSSR count). The lowest BCUT2D eigenvalue weighted by atomic mass is 9.99. The van der Waals surface area contributed by atoms with E-state index in [9.17, 15) is 13.9 Å². The van der Waals surface area contributed by atoms with Gasteiger partial charge in [0, 0.05) is 13.1 Å². The van der Waals surface area contributed by atoms with Crippen molar-refractivity contribution in [2.24, 2.45) is 0 Å². The first kappa shape index (κ1) is 17.6. The van der Waals surface area contributed by atoms with Gasteiger partial charge in [-0.1, -0.05) is 60.7 Å². The Kier molecular flexibility index (Phi) is 5.50. The van der Waals surface area contributed by atoms with E-state index in [1.54, 1.807) is 4.90 Å². The maximum absolute atomic E-state index is 14.3. The number of nitrogens with zero attached hydrogens (tertiary/aromatic N) is 1. The predicted molar refractivity (Wildman–Crippen MR) is 88.2 cm³/mol. The number of hydrogen-bond donors (Lipinski definition) is 1. The minimum absolute atomic E-state index is 0.404. The van der Waals surface area contributed by atoms with Gasteiger partial charge in [-0.25, -0.2) is 8.78 Å². The molecule has 0 atom stereocenters. The van der Waals surface area contributed by atoms with Gasteiger partial charge in [0.2, 0.25) is 0 Å². The number of alkyl halides is 2. The zero-order chi connectivity index (χ0) is 16.9. The summed E-state index contributed by atoms with van der Waals surface area (Å²) in [4.78, 5) is 1.67. The van der Waals surface area contributed by atoms with Crippen LogP contribution in [0, 0.1) is 0 Å². The van der Waals surface area contributed by atoms with E-state index >= 15 is 0 Å². The van der Waals surface area contributed by atoms with E-state index in [0.29, 0.717) is 13.1 Å². The second-order valence-corrected chi connectivity index (χ2v) is 6.38. The Morgan fingerprint density at radius 2 is 1.22 bits per heavy atom. The van der Waals surface area contributed by atoms with Crippen molar-refractivity contribution >= 4 is 0 Å². The highest BCUT2D eigenvalue weighted by Gasteiger charge is 2.46. The van der Waals surface area contributed by atoms with Crippen LogP contribution in [0.2, 0.25) is 0 Å². The first-order valence-electron chi connectivity index (χ1n) is 7.68. The molecule has 2 nitrogen and oxygen atoms in total. The zero-order valence-electron chi connectivity index (χ0n) is 13.5. The monoisotopic (exact) mass is 319 g/mol. The van der Waals surface area contributed by atoms with Gasteiger partial charge in [-0.05, 0) is 25.0 Å². The molecule has 0 aliphatic carbocycles. The van der Waals surface area contributed by atoms with E-state index in [2.05, 4.69) is 0 Å². The Morgan fingerprint density at radius 3 is 1.57 bits per heavy atom. The van der Waals surface area contributed by atoms with Gasteiger partial charge >= 0.3 is 0 Å². The summed E-state index contributed by atoms with van der Waals surface area (Å²) in [5, 5.41) is 9.75. The molecule has 0 bridgehead atoms. The van der Waals surface area contributed by atoms with Gasteiger partial charge in [-0.15, -0.1) is 0 Å². The van der Waals surface area contributed by atoms with Crippen LogP contribution in [-0.4, -0.2) is 28.1 Å². The fraction of sp³-hybridized carbons (Fsp3) is 0.368. The molecule has 0 radical (unpaired) electrons. The van der Waals surface area contributed by atoms with E-state index in [1.807, 2.05) is 60.7 Å². The number of rotatable bonds is 7. The van der Waals surface area contributed by atoms with Crippen LogP contribution >= 0.6 is 0 Å². The van der Waals surface area contributed by atoms with E-state index in [0.717, 1.165) is 25.0 Å². The lowest BCUT2D eigenvalue weighted by Crippen LogP contribution is -2.50. The lowest BCUT2D eigenvalue weighted by Gasteiger charge is -2.34. The summed E-state index contributed by atoms with van der Waals surface area (Å²) in [6.45, 7) is 2.61. The normalized spacial score (nSPS) is 12.6. The SMILES string of the molecule is CC(C)(O)C(F)(F)CN(Cc1ccccc1)Cc1ccccc1. The van der Waals surface area contributed by atoms with Gasteiger partial charge in [0.25, 0.3) is 5.92 Å². The Bertz CT molecular complexity index is 552. The van der Waals surface area contributed by atoms with Crippen LogP contribution < -0.4 is 0 Å². The highest BCUT2D eigenvalue weighted by Crippen LogP contribution is 2.30. The molecule has 2 aromatic rings.